The lowest BCUT2D eigenvalue weighted by Crippen LogP contribution is -2.49. The van der Waals surface area contributed by atoms with Crippen LogP contribution in [0, 0.1) is 0 Å². The maximum absolute atomic E-state index is 10.1. The monoisotopic (exact) mass is 246 g/mol. The van der Waals surface area contributed by atoms with Gasteiger partial charge in [-0.05, 0) is 0 Å². The number of aliphatic carboxylic acids is 2. The van der Waals surface area contributed by atoms with Gasteiger partial charge in [0.15, 0.2) is 12.2 Å². The second-order valence-corrected chi connectivity index (χ2v) is 2.55. The average molecular weight is 246 g/mol. The van der Waals surface area contributed by atoms with Gasteiger partial charge in [0.1, 0.15) is 12.2 Å². The van der Waals surface area contributed by atoms with Crippen molar-refractivity contribution in [1.82, 2.24) is 0 Å². The van der Waals surface area contributed by atoms with E-state index < -0.39 is 36.4 Å². The van der Waals surface area contributed by atoms with Crippen LogP contribution >= 0.6 is 0 Å². The van der Waals surface area contributed by atoms with Gasteiger partial charge < -0.3 is 41.6 Å². The molecule has 0 aromatic carbocycles. The minimum atomic E-state index is -2.36. The van der Waals surface area contributed by atoms with Crippen LogP contribution < -0.4 is 0 Å². The minimum Gasteiger partial charge on any atom is -0.479 e. The molecule has 0 aromatic heterocycles. The van der Waals surface area contributed by atoms with Crippen LogP contribution in [-0.4, -0.2) is 77.9 Å². The Labute approximate surface area is 88.6 Å². The fourth-order valence-corrected chi connectivity index (χ4v) is 0.666. The molecule has 10 heteroatoms. The van der Waals surface area contributed by atoms with Gasteiger partial charge in [-0.15, -0.1) is 0 Å². The zero-order chi connectivity index (χ0) is 11.5. The Morgan fingerprint density at radius 3 is 1.00 bits per heavy atom. The van der Waals surface area contributed by atoms with E-state index >= 15 is 0 Å². The van der Waals surface area contributed by atoms with Crippen molar-refractivity contribution in [3.05, 3.63) is 0 Å². The van der Waals surface area contributed by atoms with Gasteiger partial charge in [0.25, 0.3) is 0 Å². The van der Waals surface area contributed by atoms with Crippen molar-refractivity contribution in [2.45, 2.75) is 24.4 Å². The molecule has 16 heavy (non-hydrogen) atoms. The molecule has 0 bridgehead atoms. The molecule has 0 aromatic rings. The highest BCUT2D eigenvalue weighted by atomic mass is 16.4. The Morgan fingerprint density at radius 2 is 0.875 bits per heavy atom. The zero-order valence-corrected chi connectivity index (χ0v) is 7.81. The molecule has 10 nitrogen and oxygen atoms in total. The first-order valence-electron chi connectivity index (χ1n) is 3.47. The van der Waals surface area contributed by atoms with Crippen LogP contribution in [0.15, 0.2) is 0 Å². The predicted molar refractivity (Wildman–Crippen MR) is 46.5 cm³/mol. The number of aliphatic hydroxyl groups is 4. The molecule has 0 spiro atoms. The molecule has 0 aliphatic carbocycles. The first-order chi connectivity index (χ1) is 6.29. The van der Waals surface area contributed by atoms with E-state index in [1.165, 1.54) is 0 Å². The highest BCUT2D eigenvalue weighted by Gasteiger charge is 2.37. The fraction of sp³-hybridized carbons (Fsp3) is 0.667. The summed E-state index contributed by atoms with van der Waals surface area (Å²) in [6, 6.07) is 0. The van der Waals surface area contributed by atoms with Crippen molar-refractivity contribution in [2.75, 3.05) is 0 Å². The second kappa shape index (κ2) is 7.92. The molecule has 0 amide bonds. The predicted octanol–water partition coefficient (Wildman–Crippen LogP) is -5.05. The van der Waals surface area contributed by atoms with Crippen molar-refractivity contribution in [1.29, 1.82) is 0 Å². The van der Waals surface area contributed by atoms with E-state index in [9.17, 15) is 9.59 Å². The molecule has 4 atom stereocenters. The Morgan fingerprint density at radius 1 is 0.688 bits per heavy atom. The summed E-state index contributed by atoms with van der Waals surface area (Å²) in [5.74, 6) is -3.68. The lowest BCUT2D eigenvalue weighted by atomic mass is 10.0. The second-order valence-electron chi connectivity index (χ2n) is 2.55. The van der Waals surface area contributed by atoms with E-state index in [1.807, 2.05) is 0 Å². The Hall–Kier alpha value is -1.30. The molecule has 0 aliphatic rings. The molecule has 0 saturated carbocycles. The molecule has 0 fully saturated rings. The first kappa shape index (κ1) is 20.2. The molecular formula is C6H14O10. The van der Waals surface area contributed by atoms with E-state index in [2.05, 4.69) is 0 Å². The molecular weight excluding hydrogens is 232 g/mol. The van der Waals surface area contributed by atoms with Gasteiger partial charge in [0.2, 0.25) is 0 Å². The molecule has 98 valence electrons. The molecule has 0 radical (unpaired) electrons. The third-order valence-corrected chi connectivity index (χ3v) is 1.50. The third kappa shape index (κ3) is 4.97. The van der Waals surface area contributed by atoms with Gasteiger partial charge in [0, 0.05) is 0 Å². The van der Waals surface area contributed by atoms with Crippen LogP contribution in [0.3, 0.4) is 0 Å². The van der Waals surface area contributed by atoms with Crippen molar-refractivity contribution in [3.63, 3.8) is 0 Å². The van der Waals surface area contributed by atoms with Crippen LogP contribution in [-0.2, 0) is 9.59 Å². The first-order valence-corrected chi connectivity index (χ1v) is 3.47. The van der Waals surface area contributed by atoms with Crippen molar-refractivity contribution >= 4 is 11.9 Å². The Balaban J connectivity index is -0.000000845. The molecule has 0 aliphatic heterocycles. The maximum atomic E-state index is 10.1. The summed E-state index contributed by atoms with van der Waals surface area (Å²) < 4.78 is 0. The highest BCUT2D eigenvalue weighted by Crippen LogP contribution is 2.05. The van der Waals surface area contributed by atoms with Crippen LogP contribution in [0.1, 0.15) is 0 Å². The van der Waals surface area contributed by atoms with Gasteiger partial charge >= 0.3 is 11.9 Å². The smallest absolute Gasteiger partial charge is 0.335 e. The van der Waals surface area contributed by atoms with E-state index in [4.69, 9.17) is 30.6 Å². The standard InChI is InChI=1S/C6H10O8.2H2O/c7-1(3(9)5(11)12)2(8)4(10)6(13)14;;/h1-4,7-10H,(H,11,12)(H,13,14);2*1H2/t1-,2+,3+,4-;;. The SMILES string of the molecule is O.O.O=C(O)[C@@H](O)[C@H](O)[C@H](O)[C@@H](O)C(=O)O. The number of aliphatic hydroxyl groups excluding tert-OH is 4. The normalized spacial score (nSPS) is 17.0. The largest absolute Gasteiger partial charge is 0.479 e. The van der Waals surface area contributed by atoms with Gasteiger partial charge in [-0.25, -0.2) is 9.59 Å². The quantitative estimate of drug-likeness (QED) is 0.275. The van der Waals surface area contributed by atoms with E-state index in [1.54, 1.807) is 0 Å². The number of carboxylic acid groups (broad SMARTS) is 2. The summed E-state index contributed by atoms with van der Waals surface area (Å²) in [6.07, 6.45) is -9.28. The number of hydrogen-bond donors (Lipinski definition) is 6. The highest BCUT2D eigenvalue weighted by molar-refractivity contribution is 5.75. The maximum Gasteiger partial charge on any atom is 0.335 e. The number of hydrogen-bond acceptors (Lipinski definition) is 6. The summed E-state index contributed by atoms with van der Waals surface area (Å²) in [4.78, 5) is 20.2. The lowest BCUT2D eigenvalue weighted by Gasteiger charge is -2.21. The van der Waals surface area contributed by atoms with Gasteiger partial charge in [-0.3, -0.25) is 0 Å². The molecule has 10 N–H and O–H groups in total. The molecule has 0 unspecified atom stereocenters. The van der Waals surface area contributed by atoms with Gasteiger partial charge in [-0.2, -0.15) is 0 Å². The van der Waals surface area contributed by atoms with Crippen molar-refractivity contribution in [3.8, 4) is 0 Å². The summed E-state index contributed by atoms with van der Waals surface area (Å²) >= 11 is 0. The zero-order valence-electron chi connectivity index (χ0n) is 7.81. The molecule has 0 saturated heterocycles. The third-order valence-electron chi connectivity index (χ3n) is 1.50. The number of rotatable bonds is 5. The van der Waals surface area contributed by atoms with Gasteiger partial charge in [0.05, 0.1) is 0 Å². The topological polar surface area (TPSA) is 219 Å². The Bertz CT molecular complexity index is 203. The Kier molecular flexibility index (Phi) is 9.98. The molecule has 0 rings (SSSR count). The van der Waals surface area contributed by atoms with Crippen molar-refractivity contribution < 1.29 is 51.2 Å². The summed E-state index contributed by atoms with van der Waals surface area (Å²) in [5.41, 5.74) is 0. The van der Waals surface area contributed by atoms with E-state index in [0.29, 0.717) is 0 Å². The van der Waals surface area contributed by atoms with E-state index in [-0.39, 0.29) is 11.0 Å². The van der Waals surface area contributed by atoms with Crippen LogP contribution in [0.4, 0.5) is 0 Å². The number of carboxylic acids is 2. The van der Waals surface area contributed by atoms with Gasteiger partial charge in [-0.1, -0.05) is 0 Å². The van der Waals surface area contributed by atoms with Crippen LogP contribution in [0.5, 0.6) is 0 Å². The van der Waals surface area contributed by atoms with Crippen LogP contribution in [0.2, 0.25) is 0 Å². The van der Waals surface area contributed by atoms with Crippen molar-refractivity contribution in [2.24, 2.45) is 0 Å². The molecule has 0 heterocycles. The number of carbonyl (C=O) groups is 2. The minimum absolute atomic E-state index is 0. The van der Waals surface area contributed by atoms with Crippen LogP contribution in [0.25, 0.3) is 0 Å². The van der Waals surface area contributed by atoms with E-state index in [0.717, 1.165) is 0 Å². The average Bonchev–Trinajstić information content (AvgIpc) is 2.12. The summed E-state index contributed by atoms with van der Waals surface area (Å²) in [7, 11) is 0. The fourth-order valence-electron chi connectivity index (χ4n) is 0.666. The summed E-state index contributed by atoms with van der Waals surface area (Å²) in [5, 5.41) is 51.5. The lowest BCUT2D eigenvalue weighted by molar-refractivity contribution is -0.172. The summed E-state index contributed by atoms with van der Waals surface area (Å²) in [6.45, 7) is 0.